The van der Waals surface area contributed by atoms with Crippen LogP contribution in [-0.4, -0.2) is 37.5 Å². The average molecular weight is 434 g/mol. The van der Waals surface area contributed by atoms with Crippen LogP contribution in [0.3, 0.4) is 0 Å². The van der Waals surface area contributed by atoms with Gasteiger partial charge in [0.05, 0.1) is 16.2 Å². The molecular weight excluding hydrogens is 412 g/mol. The molecule has 1 aromatic heterocycles. The van der Waals surface area contributed by atoms with Crippen molar-refractivity contribution in [3.8, 4) is 11.4 Å². The summed E-state index contributed by atoms with van der Waals surface area (Å²) in [6.07, 6.45) is 5.55. The van der Waals surface area contributed by atoms with E-state index in [4.69, 9.17) is 0 Å². The van der Waals surface area contributed by atoms with E-state index in [1.54, 1.807) is 36.4 Å². The molecule has 164 valence electrons. The first-order valence-corrected chi connectivity index (χ1v) is 10.3. The molecule has 1 aliphatic carbocycles. The van der Waals surface area contributed by atoms with Crippen LogP contribution >= 0.6 is 0 Å². The van der Waals surface area contributed by atoms with Gasteiger partial charge in [-0.15, -0.1) is 0 Å². The fraction of sp³-hybridized carbons (Fsp3) is 0.273. The van der Waals surface area contributed by atoms with Gasteiger partial charge in [-0.3, -0.25) is 19.7 Å². The van der Waals surface area contributed by atoms with Gasteiger partial charge in [0, 0.05) is 23.7 Å². The number of nitro benzene ring substituents is 1. The van der Waals surface area contributed by atoms with Gasteiger partial charge in [-0.2, -0.15) is 5.10 Å². The number of para-hydroxylation sites is 1. The number of nitro groups is 1. The van der Waals surface area contributed by atoms with Crippen LogP contribution in [-0.2, 0) is 11.3 Å². The molecule has 1 aliphatic rings. The molecule has 0 atom stereocenters. The van der Waals surface area contributed by atoms with Gasteiger partial charge < -0.3 is 10.6 Å². The highest BCUT2D eigenvalue weighted by Crippen LogP contribution is 2.22. The molecule has 0 aliphatic heterocycles. The molecule has 2 aromatic carbocycles. The van der Waals surface area contributed by atoms with Crippen LogP contribution in [0.25, 0.3) is 11.4 Å². The molecule has 1 saturated carbocycles. The van der Waals surface area contributed by atoms with Crippen LogP contribution in [0.1, 0.15) is 36.0 Å². The van der Waals surface area contributed by atoms with Crippen LogP contribution in [0.2, 0.25) is 0 Å². The number of hydrogen-bond donors (Lipinski definition) is 2. The Morgan fingerprint density at radius 1 is 1.12 bits per heavy atom. The second-order valence-electron chi connectivity index (χ2n) is 7.62. The van der Waals surface area contributed by atoms with Crippen LogP contribution in [0.4, 0.5) is 11.4 Å². The molecule has 0 saturated heterocycles. The Morgan fingerprint density at radius 3 is 2.69 bits per heavy atom. The molecular formula is C22H22N6O4. The van der Waals surface area contributed by atoms with E-state index >= 15 is 0 Å². The third-order valence-corrected chi connectivity index (χ3v) is 5.29. The summed E-state index contributed by atoms with van der Waals surface area (Å²) in [7, 11) is 0. The lowest BCUT2D eigenvalue weighted by Gasteiger charge is -2.15. The van der Waals surface area contributed by atoms with E-state index in [0.717, 1.165) is 25.7 Å². The van der Waals surface area contributed by atoms with Crippen molar-refractivity contribution in [2.24, 2.45) is 0 Å². The highest BCUT2D eigenvalue weighted by Gasteiger charge is 2.20. The van der Waals surface area contributed by atoms with E-state index in [9.17, 15) is 19.7 Å². The molecule has 2 amide bonds. The molecule has 0 spiro atoms. The van der Waals surface area contributed by atoms with Crippen LogP contribution in [0.5, 0.6) is 0 Å². The highest BCUT2D eigenvalue weighted by molar-refractivity contribution is 6.03. The summed E-state index contributed by atoms with van der Waals surface area (Å²) in [5.74, 6) is -0.305. The van der Waals surface area contributed by atoms with Gasteiger partial charge in [-0.1, -0.05) is 37.1 Å². The van der Waals surface area contributed by atoms with E-state index in [-0.39, 0.29) is 35.9 Å². The van der Waals surface area contributed by atoms with Crippen LogP contribution in [0.15, 0.2) is 54.9 Å². The number of nitrogens with zero attached hydrogens (tertiary/aromatic N) is 4. The maximum absolute atomic E-state index is 12.7. The summed E-state index contributed by atoms with van der Waals surface area (Å²) in [4.78, 5) is 39.8. The normalized spacial score (nSPS) is 13.6. The van der Waals surface area contributed by atoms with Crippen molar-refractivity contribution in [3.63, 3.8) is 0 Å². The summed E-state index contributed by atoms with van der Waals surface area (Å²) in [6.45, 7) is -0.124. The summed E-state index contributed by atoms with van der Waals surface area (Å²) >= 11 is 0. The number of hydrogen-bond acceptors (Lipinski definition) is 6. The summed E-state index contributed by atoms with van der Waals surface area (Å²) in [6, 6.07) is 13.0. The second-order valence-corrected chi connectivity index (χ2v) is 7.62. The van der Waals surface area contributed by atoms with Gasteiger partial charge in [0.25, 0.3) is 11.6 Å². The number of carbonyl (C=O) groups excluding carboxylic acids is 2. The van der Waals surface area contributed by atoms with Crippen molar-refractivity contribution in [1.82, 2.24) is 20.1 Å². The summed E-state index contributed by atoms with van der Waals surface area (Å²) in [5.41, 5.74) is 1.24. The Bertz CT molecular complexity index is 1150. The molecule has 1 fully saturated rings. The lowest BCUT2D eigenvalue weighted by molar-refractivity contribution is -0.384. The molecule has 0 bridgehead atoms. The maximum Gasteiger partial charge on any atom is 0.270 e. The number of nitrogens with one attached hydrogen (secondary N) is 2. The van der Waals surface area contributed by atoms with Crippen molar-refractivity contribution in [1.29, 1.82) is 0 Å². The quantitative estimate of drug-likeness (QED) is 0.434. The standard InChI is InChI=1S/C22H22N6O4/c29-20(13-27-14-23-21(26-27)15-6-5-9-17(12-15)28(31)32)25-19-11-4-3-10-18(19)22(30)24-16-7-1-2-8-16/h3-6,9-12,14,16H,1-2,7-8,13H2,(H,24,30)(H,25,29). The molecule has 0 radical (unpaired) electrons. The monoisotopic (exact) mass is 434 g/mol. The van der Waals surface area contributed by atoms with Gasteiger partial charge in [0.2, 0.25) is 5.91 Å². The van der Waals surface area contributed by atoms with Crippen molar-refractivity contribution < 1.29 is 14.5 Å². The molecule has 2 N–H and O–H groups in total. The molecule has 10 heteroatoms. The largest absolute Gasteiger partial charge is 0.349 e. The third-order valence-electron chi connectivity index (χ3n) is 5.29. The van der Waals surface area contributed by atoms with Gasteiger partial charge in [-0.25, -0.2) is 9.67 Å². The second kappa shape index (κ2) is 9.38. The molecule has 3 aromatic rings. The van der Waals surface area contributed by atoms with Gasteiger partial charge in [0.15, 0.2) is 5.82 Å². The number of non-ortho nitro benzene ring substituents is 1. The van der Waals surface area contributed by atoms with Crippen LogP contribution < -0.4 is 10.6 Å². The molecule has 32 heavy (non-hydrogen) atoms. The number of carbonyl (C=O) groups is 2. The van der Waals surface area contributed by atoms with E-state index in [2.05, 4.69) is 20.7 Å². The molecule has 10 nitrogen and oxygen atoms in total. The number of aromatic nitrogens is 3. The first kappa shape index (κ1) is 21.2. The fourth-order valence-electron chi connectivity index (χ4n) is 3.72. The smallest absolute Gasteiger partial charge is 0.270 e. The predicted molar refractivity (Wildman–Crippen MR) is 117 cm³/mol. The fourth-order valence-corrected chi connectivity index (χ4v) is 3.72. The number of amides is 2. The highest BCUT2D eigenvalue weighted by atomic mass is 16.6. The van der Waals surface area contributed by atoms with Crippen molar-refractivity contribution in [2.75, 3.05) is 5.32 Å². The molecule has 0 unspecified atom stereocenters. The minimum Gasteiger partial charge on any atom is -0.349 e. The maximum atomic E-state index is 12.7. The summed E-state index contributed by atoms with van der Waals surface area (Å²) in [5, 5.41) is 21.0. The lowest BCUT2D eigenvalue weighted by Crippen LogP contribution is -2.33. The van der Waals surface area contributed by atoms with Gasteiger partial charge in [-0.05, 0) is 25.0 Å². The Hall–Kier alpha value is -4.08. The van der Waals surface area contributed by atoms with Crippen molar-refractivity contribution in [2.45, 2.75) is 38.3 Å². The predicted octanol–water partition coefficient (Wildman–Crippen LogP) is 3.16. The van der Waals surface area contributed by atoms with Gasteiger partial charge in [0.1, 0.15) is 12.9 Å². The van der Waals surface area contributed by atoms with E-state index in [0.29, 0.717) is 16.8 Å². The first-order chi connectivity index (χ1) is 15.5. The van der Waals surface area contributed by atoms with Crippen molar-refractivity contribution in [3.05, 3.63) is 70.5 Å². The minimum atomic E-state index is -0.492. The minimum absolute atomic E-state index is 0.0657. The molecule has 1 heterocycles. The van der Waals surface area contributed by atoms with E-state index < -0.39 is 4.92 Å². The zero-order valence-corrected chi connectivity index (χ0v) is 17.2. The van der Waals surface area contributed by atoms with Gasteiger partial charge >= 0.3 is 0 Å². The average Bonchev–Trinajstić information content (AvgIpc) is 3.46. The Morgan fingerprint density at radius 2 is 1.91 bits per heavy atom. The lowest BCUT2D eigenvalue weighted by atomic mass is 10.1. The van der Waals surface area contributed by atoms with Crippen molar-refractivity contribution >= 4 is 23.2 Å². The third kappa shape index (κ3) is 4.97. The van der Waals surface area contributed by atoms with E-state index in [1.165, 1.54) is 23.1 Å². The Labute approximate surface area is 183 Å². The molecule has 4 rings (SSSR count). The first-order valence-electron chi connectivity index (χ1n) is 10.3. The Kier molecular flexibility index (Phi) is 6.20. The van der Waals surface area contributed by atoms with E-state index in [1.807, 2.05) is 0 Å². The number of benzene rings is 2. The van der Waals surface area contributed by atoms with Crippen LogP contribution in [0, 0.1) is 10.1 Å². The number of anilines is 1. The summed E-state index contributed by atoms with van der Waals surface area (Å²) < 4.78 is 1.34. The zero-order valence-electron chi connectivity index (χ0n) is 17.2. The SMILES string of the molecule is O=C(Cn1cnc(-c2cccc([N+](=O)[O-])c2)n1)Nc1ccccc1C(=O)NC1CCCC1. The zero-order chi connectivity index (χ0) is 22.5. The number of rotatable bonds is 7. The Balaban J connectivity index is 1.42. The topological polar surface area (TPSA) is 132 Å².